The van der Waals surface area contributed by atoms with Crippen molar-refractivity contribution in [1.29, 1.82) is 0 Å². The number of likely N-dealkylation sites (tertiary alicyclic amines) is 1. The highest BCUT2D eigenvalue weighted by Crippen LogP contribution is 2.38. The number of fused-ring (bicyclic) bond motifs is 4. The minimum atomic E-state index is -0.0485. The van der Waals surface area contributed by atoms with Crippen molar-refractivity contribution in [3.8, 4) is 0 Å². The first-order valence-electron chi connectivity index (χ1n) is 12.5. The predicted octanol–water partition coefficient (Wildman–Crippen LogP) is 2.01. The van der Waals surface area contributed by atoms with Crippen LogP contribution in [0.5, 0.6) is 0 Å². The highest BCUT2D eigenvalue weighted by atomic mass is 16.2. The van der Waals surface area contributed by atoms with Gasteiger partial charge in [-0.15, -0.1) is 0 Å². The highest BCUT2D eigenvalue weighted by molar-refractivity contribution is 5.78. The van der Waals surface area contributed by atoms with Crippen molar-refractivity contribution in [2.45, 2.75) is 38.1 Å². The molecule has 0 spiro atoms. The minimum absolute atomic E-state index is 0.0485. The van der Waals surface area contributed by atoms with Crippen LogP contribution in [0.25, 0.3) is 0 Å². The lowest BCUT2D eigenvalue weighted by Gasteiger charge is -2.53. The number of rotatable bonds is 3. The van der Waals surface area contributed by atoms with Crippen LogP contribution in [0, 0.1) is 11.8 Å². The van der Waals surface area contributed by atoms with Gasteiger partial charge >= 0.3 is 12.1 Å². The van der Waals surface area contributed by atoms with Crippen LogP contribution in [-0.4, -0.2) is 96.0 Å². The number of amides is 5. The van der Waals surface area contributed by atoms with Gasteiger partial charge in [0.25, 0.3) is 0 Å². The Kier molecular flexibility index (Phi) is 6.42. The summed E-state index contributed by atoms with van der Waals surface area (Å²) in [6, 6.07) is 10.5. The summed E-state index contributed by atoms with van der Waals surface area (Å²) in [4.78, 5) is 46.0. The maximum Gasteiger partial charge on any atom is 0.320 e. The highest BCUT2D eigenvalue weighted by Gasteiger charge is 2.45. The van der Waals surface area contributed by atoms with Crippen molar-refractivity contribution in [2.24, 2.45) is 11.8 Å². The molecule has 0 saturated carbocycles. The first-order chi connectivity index (χ1) is 16.1. The lowest BCUT2D eigenvalue weighted by atomic mass is 9.76. The van der Waals surface area contributed by atoms with Gasteiger partial charge < -0.3 is 24.9 Å². The normalized spacial score (nSPS) is 27.3. The quantitative estimate of drug-likeness (QED) is 0.761. The second-order valence-electron chi connectivity index (χ2n) is 10.00. The largest absolute Gasteiger partial charge is 0.339 e. The van der Waals surface area contributed by atoms with Gasteiger partial charge in [-0.2, -0.15) is 0 Å². The first-order valence-corrected chi connectivity index (χ1v) is 12.5. The summed E-state index contributed by atoms with van der Waals surface area (Å²) in [6.45, 7) is 5.19. The number of urea groups is 2. The van der Waals surface area contributed by atoms with Crippen LogP contribution >= 0.6 is 0 Å². The molecule has 0 aromatic heterocycles. The fourth-order valence-electron chi connectivity index (χ4n) is 6.14. The van der Waals surface area contributed by atoms with E-state index in [-0.39, 0.29) is 12.1 Å². The lowest BCUT2D eigenvalue weighted by Crippen LogP contribution is -2.63. The summed E-state index contributed by atoms with van der Waals surface area (Å²) in [5.74, 6) is 1.10. The lowest BCUT2D eigenvalue weighted by molar-refractivity contribution is -0.144. The molecule has 4 saturated heterocycles. The van der Waals surface area contributed by atoms with E-state index >= 15 is 0 Å². The molecule has 4 heterocycles. The zero-order valence-corrected chi connectivity index (χ0v) is 19.3. The number of benzene rings is 1. The van der Waals surface area contributed by atoms with Crippen molar-refractivity contribution in [2.75, 3.05) is 52.4 Å². The number of carbonyl (C=O) groups is 3. The van der Waals surface area contributed by atoms with Crippen molar-refractivity contribution < 1.29 is 14.4 Å². The Morgan fingerprint density at radius 2 is 1.70 bits per heavy atom. The van der Waals surface area contributed by atoms with Crippen molar-refractivity contribution in [3.05, 3.63) is 35.9 Å². The predicted molar refractivity (Wildman–Crippen MR) is 125 cm³/mol. The molecule has 8 nitrogen and oxygen atoms in total. The Balaban J connectivity index is 1.08. The van der Waals surface area contributed by atoms with E-state index in [0.29, 0.717) is 62.9 Å². The molecule has 1 aromatic carbocycles. The van der Waals surface area contributed by atoms with Gasteiger partial charge in [-0.25, -0.2) is 9.59 Å². The van der Waals surface area contributed by atoms with Crippen LogP contribution in [0.2, 0.25) is 0 Å². The Labute approximate surface area is 195 Å². The van der Waals surface area contributed by atoms with E-state index in [1.807, 2.05) is 32.9 Å². The average Bonchev–Trinajstić information content (AvgIpc) is 2.85. The molecule has 5 rings (SSSR count). The summed E-state index contributed by atoms with van der Waals surface area (Å²) >= 11 is 0. The van der Waals surface area contributed by atoms with Crippen LogP contribution in [0.15, 0.2) is 30.3 Å². The zero-order valence-electron chi connectivity index (χ0n) is 19.3. The van der Waals surface area contributed by atoms with Crippen LogP contribution in [0.1, 0.15) is 31.2 Å². The summed E-state index contributed by atoms with van der Waals surface area (Å²) in [7, 11) is 0. The Hall–Kier alpha value is -2.77. The SMILES string of the molecule is O=C(NCCc1ccccc1)N1CCN(C(=O)N2C[C@H]3C[C@H](C2)[C@H]2CCCC(=O)N2C3)CC1. The molecule has 0 aliphatic carbocycles. The van der Waals surface area contributed by atoms with Crippen molar-refractivity contribution in [1.82, 2.24) is 24.9 Å². The number of piperidine rings is 3. The van der Waals surface area contributed by atoms with E-state index in [9.17, 15) is 14.4 Å². The molecule has 5 amide bonds. The van der Waals surface area contributed by atoms with Crippen LogP contribution in [0.3, 0.4) is 0 Å². The molecule has 4 fully saturated rings. The number of piperazine rings is 1. The molecule has 1 aromatic rings. The van der Waals surface area contributed by atoms with Crippen molar-refractivity contribution >= 4 is 18.0 Å². The smallest absolute Gasteiger partial charge is 0.320 e. The molecule has 0 unspecified atom stereocenters. The Morgan fingerprint density at radius 1 is 0.939 bits per heavy atom. The summed E-state index contributed by atoms with van der Waals surface area (Å²) in [6.07, 6.45) is 4.68. The number of carbonyl (C=O) groups excluding carboxylic acids is 3. The zero-order chi connectivity index (χ0) is 22.8. The fraction of sp³-hybridized carbons (Fsp3) is 0.640. The molecule has 3 atom stereocenters. The molecule has 33 heavy (non-hydrogen) atoms. The second-order valence-corrected chi connectivity index (χ2v) is 10.00. The Bertz CT molecular complexity index is 870. The van der Waals surface area contributed by atoms with Gasteiger partial charge in [0.2, 0.25) is 5.91 Å². The Morgan fingerprint density at radius 3 is 2.48 bits per heavy atom. The van der Waals surface area contributed by atoms with E-state index in [4.69, 9.17) is 0 Å². The molecule has 0 radical (unpaired) electrons. The van der Waals surface area contributed by atoms with E-state index in [0.717, 1.165) is 45.3 Å². The third kappa shape index (κ3) is 4.80. The van der Waals surface area contributed by atoms with E-state index < -0.39 is 0 Å². The molecular formula is C25H35N5O3. The van der Waals surface area contributed by atoms with Gasteiger partial charge in [-0.3, -0.25) is 4.79 Å². The number of nitrogens with zero attached hydrogens (tertiary/aromatic N) is 4. The maximum atomic E-state index is 13.3. The minimum Gasteiger partial charge on any atom is -0.339 e. The maximum absolute atomic E-state index is 13.3. The third-order valence-corrected chi connectivity index (χ3v) is 7.82. The third-order valence-electron chi connectivity index (χ3n) is 7.82. The molecule has 1 N–H and O–H groups in total. The van der Waals surface area contributed by atoms with Gasteiger partial charge in [-0.05, 0) is 43.1 Å². The molecule has 178 valence electrons. The van der Waals surface area contributed by atoms with Crippen molar-refractivity contribution in [3.63, 3.8) is 0 Å². The number of nitrogens with one attached hydrogen (secondary N) is 1. The topological polar surface area (TPSA) is 76.2 Å². The first kappa shape index (κ1) is 22.0. The average molecular weight is 454 g/mol. The van der Waals surface area contributed by atoms with E-state index in [2.05, 4.69) is 22.3 Å². The van der Waals surface area contributed by atoms with E-state index in [1.165, 1.54) is 5.56 Å². The summed E-state index contributed by atoms with van der Waals surface area (Å²) in [5, 5.41) is 3.01. The van der Waals surface area contributed by atoms with E-state index in [1.54, 1.807) is 0 Å². The summed E-state index contributed by atoms with van der Waals surface area (Å²) < 4.78 is 0. The standard InChI is InChI=1S/C25H35N5O3/c31-23-8-4-7-22-21-15-20(17-30(22)23)16-29(18-21)25(33)28-13-11-27(12-14-28)24(32)26-10-9-19-5-2-1-3-6-19/h1-3,5-6,20-22H,4,7-18H2,(H,26,32)/t20-,21-,22-/m1/s1. The molecule has 4 aliphatic rings. The van der Waals surface area contributed by atoms with Crippen LogP contribution in [-0.2, 0) is 11.2 Å². The van der Waals surface area contributed by atoms with Crippen LogP contribution in [0.4, 0.5) is 9.59 Å². The van der Waals surface area contributed by atoms with Crippen LogP contribution < -0.4 is 5.32 Å². The van der Waals surface area contributed by atoms with Gasteiger partial charge in [0.15, 0.2) is 0 Å². The number of hydrogen-bond donors (Lipinski definition) is 1. The monoisotopic (exact) mass is 453 g/mol. The van der Waals surface area contributed by atoms with Gasteiger partial charge in [-0.1, -0.05) is 30.3 Å². The molecule has 8 heteroatoms. The molecule has 4 aliphatic heterocycles. The summed E-state index contributed by atoms with van der Waals surface area (Å²) in [5.41, 5.74) is 1.21. The molecular weight excluding hydrogens is 418 g/mol. The van der Waals surface area contributed by atoms with Gasteiger partial charge in [0, 0.05) is 64.8 Å². The van der Waals surface area contributed by atoms with Gasteiger partial charge in [0.1, 0.15) is 0 Å². The van der Waals surface area contributed by atoms with Gasteiger partial charge in [0.05, 0.1) is 0 Å². The molecule has 2 bridgehead atoms. The second kappa shape index (κ2) is 9.61. The number of hydrogen-bond acceptors (Lipinski definition) is 3. The fourth-order valence-corrected chi connectivity index (χ4v) is 6.14.